The van der Waals surface area contributed by atoms with Gasteiger partial charge < -0.3 is 9.84 Å². The molecule has 2 aromatic heterocycles. The van der Waals surface area contributed by atoms with E-state index in [9.17, 15) is 13.2 Å². The Morgan fingerprint density at radius 3 is 2.69 bits per heavy atom. The number of thiazole rings is 1. The maximum atomic E-state index is 10.6. The number of nitrogens with zero attached hydrogens (tertiary/aromatic N) is 4. The molecule has 1 aliphatic rings. The van der Waals surface area contributed by atoms with Gasteiger partial charge >= 0.3 is 12.1 Å². The van der Waals surface area contributed by atoms with Gasteiger partial charge in [0.2, 0.25) is 0 Å². The number of hydrogen-bond donors (Lipinski definition) is 1. The molecule has 11 heteroatoms. The topological polar surface area (TPSA) is 80.5 Å². The molecule has 7 nitrogen and oxygen atoms in total. The van der Waals surface area contributed by atoms with Crippen molar-refractivity contribution in [3.8, 4) is 0 Å². The molecule has 1 fully saturated rings. The number of carbonyl (C=O) groups is 1. The first kappa shape index (κ1) is 20.3. The molecule has 0 aliphatic carbocycles. The van der Waals surface area contributed by atoms with Crippen molar-refractivity contribution >= 4 is 17.3 Å². The van der Waals surface area contributed by atoms with Crippen LogP contribution in [0.3, 0.4) is 0 Å². The van der Waals surface area contributed by atoms with Gasteiger partial charge in [0.15, 0.2) is 0 Å². The zero-order valence-corrected chi connectivity index (χ0v) is 15.0. The molecule has 3 rings (SSSR count). The molecule has 0 amide bonds. The van der Waals surface area contributed by atoms with Crippen molar-refractivity contribution in [1.29, 1.82) is 0 Å². The van der Waals surface area contributed by atoms with Crippen molar-refractivity contribution in [2.75, 3.05) is 19.8 Å². The number of carboxylic acid groups (broad SMARTS) is 1. The summed E-state index contributed by atoms with van der Waals surface area (Å²) in [5.41, 5.74) is 2.37. The highest BCUT2D eigenvalue weighted by Gasteiger charge is 2.38. The Hall–Kier alpha value is -1.98. The van der Waals surface area contributed by atoms with Crippen LogP contribution in [-0.2, 0) is 23.1 Å². The number of ether oxygens (including phenoxy) is 1. The van der Waals surface area contributed by atoms with E-state index in [0.29, 0.717) is 0 Å². The van der Waals surface area contributed by atoms with Crippen molar-refractivity contribution in [3.63, 3.8) is 0 Å². The summed E-state index contributed by atoms with van der Waals surface area (Å²) >= 11 is 1.70. The average molecular weight is 392 g/mol. The normalized spacial score (nSPS) is 18.3. The number of aliphatic carboxylic acids is 1. The molecule has 0 aromatic carbocycles. The van der Waals surface area contributed by atoms with Crippen LogP contribution in [0.5, 0.6) is 0 Å². The van der Waals surface area contributed by atoms with E-state index in [1.165, 1.54) is 5.56 Å². The van der Waals surface area contributed by atoms with E-state index >= 15 is 0 Å². The van der Waals surface area contributed by atoms with Gasteiger partial charge in [-0.15, -0.1) is 11.3 Å². The highest BCUT2D eigenvalue weighted by molar-refractivity contribution is 7.09. The third-order valence-electron chi connectivity index (χ3n) is 3.60. The number of aryl methyl sites for hydroxylation is 2. The second-order valence-electron chi connectivity index (χ2n) is 5.68. The molecule has 2 aromatic rings. The molecule has 144 valence electrons. The lowest BCUT2D eigenvalue weighted by atomic mass is 10.1. The summed E-state index contributed by atoms with van der Waals surface area (Å²) in [6.07, 6.45) is -1.09. The van der Waals surface area contributed by atoms with Gasteiger partial charge in [-0.3, -0.25) is 9.58 Å². The summed E-state index contributed by atoms with van der Waals surface area (Å²) in [6.45, 7) is 5.40. The Kier molecular flexibility index (Phi) is 6.73. The molecule has 0 spiro atoms. The Balaban J connectivity index is 0.000000298. The van der Waals surface area contributed by atoms with Crippen molar-refractivity contribution in [3.05, 3.63) is 34.0 Å². The third kappa shape index (κ3) is 5.78. The molecule has 1 atom stereocenters. The van der Waals surface area contributed by atoms with Gasteiger partial charge in [-0.05, 0) is 6.92 Å². The first-order chi connectivity index (χ1) is 12.2. The maximum absolute atomic E-state index is 10.6. The lowest BCUT2D eigenvalue weighted by Gasteiger charge is -2.34. The van der Waals surface area contributed by atoms with Crippen molar-refractivity contribution in [1.82, 2.24) is 19.7 Å². The van der Waals surface area contributed by atoms with E-state index in [-0.39, 0.29) is 6.04 Å². The largest absolute Gasteiger partial charge is 0.490 e. The number of carboxylic acids is 1. The van der Waals surface area contributed by atoms with E-state index < -0.39 is 12.1 Å². The quantitative estimate of drug-likeness (QED) is 0.864. The number of rotatable bonds is 3. The minimum Gasteiger partial charge on any atom is -0.475 e. The van der Waals surface area contributed by atoms with Gasteiger partial charge in [-0.1, -0.05) is 0 Å². The molecule has 26 heavy (non-hydrogen) atoms. The molecule has 1 unspecified atom stereocenters. The monoisotopic (exact) mass is 392 g/mol. The van der Waals surface area contributed by atoms with Crippen LogP contribution in [-0.4, -0.2) is 56.7 Å². The van der Waals surface area contributed by atoms with E-state index in [2.05, 4.69) is 26.6 Å². The Bertz CT molecular complexity index is 732. The highest BCUT2D eigenvalue weighted by Crippen LogP contribution is 2.26. The molecular formula is C15H19F3N4O3S. The van der Waals surface area contributed by atoms with Gasteiger partial charge in [-0.25, -0.2) is 9.78 Å². The van der Waals surface area contributed by atoms with Crippen molar-refractivity contribution < 1.29 is 27.8 Å². The molecule has 0 bridgehead atoms. The van der Waals surface area contributed by atoms with E-state index in [1.54, 1.807) is 11.3 Å². The number of alkyl halides is 3. The summed E-state index contributed by atoms with van der Waals surface area (Å²) in [5.74, 6) is -2.76. The highest BCUT2D eigenvalue weighted by atomic mass is 32.1. The van der Waals surface area contributed by atoms with Crippen LogP contribution in [0.1, 0.15) is 22.3 Å². The first-order valence-corrected chi connectivity index (χ1v) is 8.56. The predicted molar refractivity (Wildman–Crippen MR) is 87.7 cm³/mol. The smallest absolute Gasteiger partial charge is 0.475 e. The average Bonchev–Trinajstić information content (AvgIpc) is 3.16. The third-order valence-corrected chi connectivity index (χ3v) is 4.40. The number of halogens is 3. The zero-order chi connectivity index (χ0) is 19.3. The van der Waals surface area contributed by atoms with Crippen LogP contribution in [0.2, 0.25) is 0 Å². The Labute approximate surface area is 152 Å². The summed E-state index contributed by atoms with van der Waals surface area (Å²) in [5, 5.41) is 14.6. The van der Waals surface area contributed by atoms with Crippen molar-refractivity contribution in [2.24, 2.45) is 7.05 Å². The summed E-state index contributed by atoms with van der Waals surface area (Å²) < 4.78 is 39.2. The lowest BCUT2D eigenvalue weighted by Crippen LogP contribution is -2.39. The molecule has 1 N–H and O–H groups in total. The SMILES string of the molecule is Cc1nc(C2COCCN2Cc2cnn(C)c2)cs1.O=C(O)C(F)(F)F. The first-order valence-electron chi connectivity index (χ1n) is 7.68. The fourth-order valence-electron chi connectivity index (χ4n) is 2.42. The fourth-order valence-corrected chi connectivity index (χ4v) is 3.08. The minimum atomic E-state index is -5.08. The van der Waals surface area contributed by atoms with E-state index in [0.717, 1.165) is 37.0 Å². The second-order valence-corrected chi connectivity index (χ2v) is 6.74. The molecule has 3 heterocycles. The van der Waals surface area contributed by atoms with Crippen LogP contribution < -0.4 is 0 Å². The molecule has 0 saturated carbocycles. The number of morpholine rings is 1. The molecular weight excluding hydrogens is 373 g/mol. The molecule has 1 aliphatic heterocycles. The summed E-state index contributed by atoms with van der Waals surface area (Å²) in [7, 11) is 1.95. The van der Waals surface area contributed by atoms with Crippen LogP contribution in [0.4, 0.5) is 13.2 Å². The van der Waals surface area contributed by atoms with Crippen LogP contribution in [0, 0.1) is 6.92 Å². The van der Waals surface area contributed by atoms with Crippen LogP contribution in [0.15, 0.2) is 17.8 Å². The van der Waals surface area contributed by atoms with Crippen molar-refractivity contribution in [2.45, 2.75) is 25.7 Å². The predicted octanol–water partition coefficient (Wildman–Crippen LogP) is 2.39. The molecule has 0 radical (unpaired) electrons. The van der Waals surface area contributed by atoms with Gasteiger partial charge in [0, 0.05) is 37.3 Å². The molecule has 1 saturated heterocycles. The van der Waals surface area contributed by atoms with Crippen LogP contribution >= 0.6 is 11.3 Å². The van der Waals surface area contributed by atoms with Crippen LogP contribution in [0.25, 0.3) is 0 Å². The van der Waals surface area contributed by atoms with E-state index in [4.69, 9.17) is 14.6 Å². The summed E-state index contributed by atoms with van der Waals surface area (Å²) in [4.78, 5) is 15.9. The second kappa shape index (κ2) is 8.60. The standard InChI is InChI=1S/C13H18N4OS.C2HF3O2/c1-10-15-12(9-19-10)13-8-18-4-3-17(13)7-11-5-14-16(2)6-11;3-2(4,5)1(6)7/h5-6,9,13H,3-4,7-8H2,1-2H3;(H,6,7). The zero-order valence-electron chi connectivity index (χ0n) is 14.2. The lowest BCUT2D eigenvalue weighted by molar-refractivity contribution is -0.192. The van der Waals surface area contributed by atoms with Gasteiger partial charge in [-0.2, -0.15) is 18.3 Å². The fraction of sp³-hybridized carbons (Fsp3) is 0.533. The summed E-state index contributed by atoms with van der Waals surface area (Å²) in [6, 6.07) is 0.263. The Morgan fingerprint density at radius 1 is 1.50 bits per heavy atom. The van der Waals surface area contributed by atoms with E-state index in [1.807, 2.05) is 24.9 Å². The van der Waals surface area contributed by atoms with Gasteiger partial charge in [0.25, 0.3) is 0 Å². The Morgan fingerprint density at radius 2 is 2.19 bits per heavy atom. The van der Waals surface area contributed by atoms with Gasteiger partial charge in [0.1, 0.15) is 0 Å². The number of aromatic nitrogens is 3. The van der Waals surface area contributed by atoms with Gasteiger partial charge in [0.05, 0.1) is 36.2 Å². The maximum Gasteiger partial charge on any atom is 0.490 e. The number of hydrogen-bond acceptors (Lipinski definition) is 6. The minimum absolute atomic E-state index is 0.263.